The Morgan fingerprint density at radius 1 is 0.733 bits per heavy atom. The van der Waals surface area contributed by atoms with E-state index in [0.29, 0.717) is 35.5 Å². The van der Waals surface area contributed by atoms with Gasteiger partial charge >= 0.3 is 11.9 Å². The van der Waals surface area contributed by atoms with Gasteiger partial charge in [0.2, 0.25) is 8.32 Å². The fraction of sp³-hybridized carbons (Fsp3) is 0.627. The number of hydrogen-bond acceptors (Lipinski definition) is 8. The Hall–Kier alpha value is -3.85. The van der Waals surface area contributed by atoms with E-state index < -0.39 is 14.3 Å². The molecule has 11 atom stereocenters. The first-order chi connectivity index (χ1) is 28.0. The summed E-state index contributed by atoms with van der Waals surface area (Å²) in [6.07, 6.45) is 24.3. The van der Waals surface area contributed by atoms with Crippen LogP contribution in [0.25, 0.3) is 0 Å². The lowest BCUT2D eigenvalue weighted by atomic mass is 9.52. The van der Waals surface area contributed by atoms with Crippen LogP contribution in [-0.2, 0) is 37.9 Å². The molecule has 324 valence electrons. The first kappa shape index (κ1) is 44.2. The van der Waals surface area contributed by atoms with E-state index in [-0.39, 0.29) is 64.1 Å². The van der Waals surface area contributed by atoms with Crippen molar-refractivity contribution in [3.8, 4) is 0 Å². The molecule has 0 radical (unpaired) electrons. The van der Waals surface area contributed by atoms with E-state index in [9.17, 15) is 24.0 Å². The number of ketones is 3. The molecule has 4 fully saturated rings. The summed E-state index contributed by atoms with van der Waals surface area (Å²) < 4.78 is 17.1. The highest BCUT2D eigenvalue weighted by Gasteiger charge is 2.60. The van der Waals surface area contributed by atoms with Crippen molar-refractivity contribution in [3.63, 3.8) is 0 Å². The van der Waals surface area contributed by atoms with Crippen LogP contribution in [0.5, 0.6) is 0 Å². The molecule has 0 aromatic heterocycles. The minimum absolute atomic E-state index is 0.00843. The summed E-state index contributed by atoms with van der Waals surface area (Å²) in [6, 6.07) is 0. The monoisotopic (exact) mass is 836 g/mol. The van der Waals surface area contributed by atoms with Gasteiger partial charge in [-0.1, -0.05) is 74.3 Å². The number of esters is 2. The molecule has 0 N–H and O–H groups in total. The van der Waals surface area contributed by atoms with Gasteiger partial charge in [0.25, 0.3) is 0 Å². The van der Waals surface area contributed by atoms with Crippen LogP contribution in [0.4, 0.5) is 0 Å². The van der Waals surface area contributed by atoms with E-state index in [1.54, 1.807) is 12.2 Å². The number of carbonyl (C=O) groups excluding carboxylic acids is 5. The fourth-order valence-electron chi connectivity index (χ4n) is 13.8. The summed E-state index contributed by atoms with van der Waals surface area (Å²) in [6.45, 7) is 23.2. The second-order valence-corrected chi connectivity index (χ2v) is 25.7. The average molecular weight is 837 g/mol. The molecular formula is C51H68O8Si. The van der Waals surface area contributed by atoms with E-state index in [0.717, 1.165) is 57.1 Å². The molecule has 60 heavy (non-hydrogen) atoms. The van der Waals surface area contributed by atoms with Crippen LogP contribution < -0.4 is 0 Å². The van der Waals surface area contributed by atoms with Crippen molar-refractivity contribution in [2.75, 3.05) is 13.2 Å². The number of rotatable bonds is 7. The van der Waals surface area contributed by atoms with E-state index in [1.807, 2.05) is 12.2 Å². The lowest BCUT2D eigenvalue weighted by Gasteiger charge is -2.52. The molecule has 0 aliphatic heterocycles. The fourth-order valence-corrected chi connectivity index (χ4v) is 14.7. The summed E-state index contributed by atoms with van der Waals surface area (Å²) in [5, 5.41) is 0. The normalized spacial score (nSPS) is 39.4. The molecule has 8 rings (SSSR count). The molecule has 0 aromatic rings. The number of Topliss-reactive ketones (excluding diaryl/α,β-unsaturated/α-hetero) is 1. The van der Waals surface area contributed by atoms with Gasteiger partial charge in [-0.25, -0.2) is 0 Å². The summed E-state index contributed by atoms with van der Waals surface area (Å²) in [5.74, 6) is 3.09. The van der Waals surface area contributed by atoms with Gasteiger partial charge in [-0.15, -0.1) is 0 Å². The quantitative estimate of drug-likeness (QED) is 0.108. The van der Waals surface area contributed by atoms with Crippen molar-refractivity contribution in [2.45, 2.75) is 126 Å². The van der Waals surface area contributed by atoms with Crippen LogP contribution in [0.1, 0.15) is 107 Å². The molecule has 0 aromatic carbocycles. The Bertz CT molecular complexity index is 2090. The maximum atomic E-state index is 13.0. The van der Waals surface area contributed by atoms with Gasteiger partial charge in [0, 0.05) is 30.6 Å². The maximum absolute atomic E-state index is 13.0. The predicted octanol–water partition coefficient (Wildman–Crippen LogP) is 10.3. The second kappa shape index (κ2) is 15.8. The lowest BCUT2D eigenvalue weighted by molar-refractivity contribution is -0.148. The van der Waals surface area contributed by atoms with Crippen molar-refractivity contribution in [2.24, 2.45) is 63.1 Å². The number of allylic oxidation sites excluding steroid dienone is 13. The van der Waals surface area contributed by atoms with Gasteiger partial charge in [0.1, 0.15) is 19.0 Å². The minimum Gasteiger partial charge on any atom is -0.545 e. The molecule has 8 nitrogen and oxygen atoms in total. The zero-order valence-corrected chi connectivity index (χ0v) is 39.0. The third-order valence-corrected chi connectivity index (χ3v) is 17.1. The predicted molar refractivity (Wildman–Crippen MR) is 235 cm³/mol. The van der Waals surface area contributed by atoms with E-state index in [4.69, 9.17) is 13.9 Å². The Balaban J connectivity index is 0.000000183. The van der Waals surface area contributed by atoms with Gasteiger partial charge in [0.15, 0.2) is 17.3 Å². The SMILES string of the molecule is CC(=O)OC/C(O[Si](C)(C)C)=C1\[C@H](C)CC2C3CCC4=CC(=O)C=C[C@]4(C)C3=CC[C@]12C.CC(=O)OCC(=O)[C@H]1[C@H](C)CC2C3CCC4=CC(=O)C=C[C@]4(C)C3=CC[C@@]21C. The lowest BCUT2D eigenvalue weighted by Crippen LogP contribution is -2.45. The van der Waals surface area contributed by atoms with Crippen molar-refractivity contribution >= 4 is 37.6 Å². The summed E-state index contributed by atoms with van der Waals surface area (Å²) in [5.41, 5.74) is 6.46. The molecule has 0 bridgehead atoms. The van der Waals surface area contributed by atoms with Gasteiger partial charge in [-0.05, 0) is 161 Å². The van der Waals surface area contributed by atoms with Crippen LogP contribution in [-0.4, -0.2) is 50.8 Å². The molecule has 0 heterocycles. The third-order valence-electron chi connectivity index (χ3n) is 16.2. The number of hydrogen-bond donors (Lipinski definition) is 0. The topological polar surface area (TPSA) is 113 Å². The highest BCUT2D eigenvalue weighted by atomic mass is 28.4. The van der Waals surface area contributed by atoms with Crippen LogP contribution in [0.2, 0.25) is 19.6 Å². The molecule has 0 amide bonds. The summed E-state index contributed by atoms with van der Waals surface area (Å²) >= 11 is 0. The molecular weight excluding hydrogens is 769 g/mol. The number of fused-ring (bicyclic) bond motifs is 10. The molecule has 4 saturated carbocycles. The van der Waals surface area contributed by atoms with Crippen molar-refractivity contribution < 1.29 is 37.9 Å². The van der Waals surface area contributed by atoms with Gasteiger partial charge in [-0.2, -0.15) is 0 Å². The van der Waals surface area contributed by atoms with Crippen molar-refractivity contribution in [1.29, 1.82) is 0 Å². The average Bonchev–Trinajstić information content (AvgIpc) is 3.60. The summed E-state index contributed by atoms with van der Waals surface area (Å²) in [7, 11) is -1.87. The van der Waals surface area contributed by atoms with Gasteiger partial charge < -0.3 is 13.9 Å². The molecule has 9 heteroatoms. The first-order valence-corrected chi connectivity index (χ1v) is 25.9. The molecule has 8 aliphatic carbocycles. The number of ether oxygens (including phenoxy) is 2. The molecule has 0 saturated heterocycles. The minimum atomic E-state index is -1.87. The van der Waals surface area contributed by atoms with E-state index in [1.165, 1.54) is 41.7 Å². The summed E-state index contributed by atoms with van der Waals surface area (Å²) in [4.78, 5) is 59.6. The maximum Gasteiger partial charge on any atom is 0.303 e. The Kier molecular flexibility index (Phi) is 11.6. The Labute approximate surface area is 359 Å². The van der Waals surface area contributed by atoms with Crippen molar-refractivity contribution in [1.82, 2.24) is 0 Å². The van der Waals surface area contributed by atoms with Crippen LogP contribution in [0, 0.1) is 63.1 Å². The van der Waals surface area contributed by atoms with E-state index in [2.05, 4.69) is 85.5 Å². The Morgan fingerprint density at radius 3 is 1.78 bits per heavy atom. The molecule has 0 spiro atoms. The standard InChI is InChI=1S/C27H38O4Si.C24H30O4/c1-17-14-23-21-9-8-19-15-20(29)10-12-26(19,3)22(21)11-13-27(23,4)25(17)24(16-30-18(2)28)31-32(5,6)7;1-14-11-20-18-6-5-16-12-17(26)7-9-23(16,3)19(18)8-10-24(20,4)22(14)21(27)13-28-15(2)25/h10-12,15,17,21,23H,8-9,13-14,16H2,1-7H3;7-9,12,14,18,20,22H,5-6,10-11,13H2,1-4H3/b25-24-;/t17-,21?,23?,26+,27+;14-,18?,20?,22-,23+,24+/m11/s1. The zero-order valence-electron chi connectivity index (χ0n) is 38.0. The third kappa shape index (κ3) is 7.68. The van der Waals surface area contributed by atoms with Crippen LogP contribution in [0.15, 0.2) is 82.2 Å². The molecule has 4 unspecified atom stereocenters. The molecule has 8 aliphatic rings. The number of carbonyl (C=O) groups is 5. The first-order valence-electron chi connectivity index (χ1n) is 22.5. The van der Waals surface area contributed by atoms with Gasteiger partial charge in [-0.3, -0.25) is 24.0 Å². The Morgan fingerprint density at radius 2 is 1.25 bits per heavy atom. The zero-order chi connectivity index (χ0) is 43.7. The highest BCUT2D eigenvalue weighted by molar-refractivity contribution is 6.70. The van der Waals surface area contributed by atoms with Crippen molar-refractivity contribution in [3.05, 3.63) is 82.2 Å². The van der Waals surface area contributed by atoms with Crippen LogP contribution >= 0.6 is 0 Å². The highest BCUT2D eigenvalue weighted by Crippen LogP contribution is 2.67. The largest absolute Gasteiger partial charge is 0.545 e. The van der Waals surface area contributed by atoms with Crippen LogP contribution in [0.3, 0.4) is 0 Å². The second-order valence-electron chi connectivity index (χ2n) is 21.3. The van der Waals surface area contributed by atoms with E-state index >= 15 is 0 Å². The smallest absolute Gasteiger partial charge is 0.303 e. The van der Waals surface area contributed by atoms with Gasteiger partial charge in [0.05, 0.1) is 0 Å².